The maximum absolute atomic E-state index is 15.1. The van der Waals surface area contributed by atoms with Gasteiger partial charge in [-0.05, 0) is 138 Å². The standard InChI is InChI=1S/C61H91N9O18/c1-31-47(34(4)53(62-44(80)28-74)37(7)50(31)59(86)68(13)22-41(77)25-71)56(83)65(10)19-16-17-40(21-67(12)58(85)49-33(3)52(61(88)70(15)24-43(79)27-73)39(9)55(36(49)6)64-46(82)30-76)18-20-66(11)57(84)48-32(2)51(60(87)69(14)23-42(78)26-72)38(8)54(35(48)5)63-45(81)29-75/h40-43,71-79H,16-30H2,1-15H3,(H,62,80)(H,63,81)(H,64,82). The van der Waals surface area contributed by atoms with Crippen LogP contribution in [0.15, 0.2) is 0 Å². The highest BCUT2D eigenvalue weighted by Gasteiger charge is 2.34. The topological polar surface area (TPSA) is 391 Å². The number of anilines is 3. The minimum absolute atomic E-state index is 0.00649. The summed E-state index contributed by atoms with van der Waals surface area (Å²) in [6, 6.07) is 0. The molecule has 0 heterocycles. The van der Waals surface area contributed by atoms with Crippen molar-refractivity contribution in [1.82, 2.24) is 29.4 Å². The highest BCUT2D eigenvalue weighted by atomic mass is 16.3. The van der Waals surface area contributed by atoms with Crippen LogP contribution in [0.1, 0.15) is 131 Å². The minimum Gasteiger partial charge on any atom is -0.394 e. The molecule has 27 nitrogen and oxygen atoms in total. The number of aliphatic hydroxyl groups is 9. The van der Waals surface area contributed by atoms with E-state index in [0.29, 0.717) is 5.56 Å². The summed E-state index contributed by atoms with van der Waals surface area (Å²) in [5.41, 5.74) is 2.83. The van der Waals surface area contributed by atoms with Gasteiger partial charge in [-0.15, -0.1) is 0 Å². The Morgan fingerprint density at radius 2 is 0.557 bits per heavy atom. The van der Waals surface area contributed by atoms with Crippen molar-refractivity contribution < 1.29 is 89.1 Å². The van der Waals surface area contributed by atoms with Gasteiger partial charge in [-0.1, -0.05) is 0 Å². The van der Waals surface area contributed by atoms with Crippen molar-refractivity contribution in [2.45, 2.75) is 99.9 Å². The molecule has 0 fully saturated rings. The van der Waals surface area contributed by atoms with Crippen LogP contribution in [0.5, 0.6) is 0 Å². The Kier molecular flexibility index (Phi) is 28.2. The van der Waals surface area contributed by atoms with E-state index in [1.807, 2.05) is 0 Å². The summed E-state index contributed by atoms with van der Waals surface area (Å²) < 4.78 is 0. The predicted octanol–water partition coefficient (Wildman–Crippen LogP) is -0.0667. The van der Waals surface area contributed by atoms with E-state index in [9.17, 15) is 84.3 Å². The minimum atomic E-state index is -1.30. The first-order chi connectivity index (χ1) is 41.1. The van der Waals surface area contributed by atoms with Crippen molar-refractivity contribution in [2.75, 3.05) is 137 Å². The van der Waals surface area contributed by atoms with E-state index >= 15 is 4.79 Å². The lowest BCUT2D eigenvalue weighted by molar-refractivity contribution is -0.119. The zero-order chi connectivity index (χ0) is 67.1. The molecule has 3 rings (SSSR count). The third-order valence-corrected chi connectivity index (χ3v) is 15.9. The van der Waals surface area contributed by atoms with Gasteiger partial charge in [0.1, 0.15) is 19.8 Å². The molecule has 4 unspecified atom stereocenters. The van der Waals surface area contributed by atoms with Gasteiger partial charge in [0.25, 0.3) is 35.4 Å². The first kappa shape index (κ1) is 74.8. The summed E-state index contributed by atoms with van der Waals surface area (Å²) in [6.45, 7) is 8.61. The van der Waals surface area contributed by atoms with E-state index in [2.05, 4.69) is 16.0 Å². The molecule has 0 aliphatic carbocycles. The Bertz CT molecular complexity index is 3110. The van der Waals surface area contributed by atoms with Crippen molar-refractivity contribution in [1.29, 1.82) is 0 Å². The molecule has 0 aliphatic heterocycles. The number of benzene rings is 3. The third kappa shape index (κ3) is 17.7. The second-order valence-electron chi connectivity index (χ2n) is 22.6. The van der Waals surface area contributed by atoms with Crippen molar-refractivity contribution in [3.8, 4) is 0 Å². The molecular weight excluding hydrogens is 1150 g/mol. The molecule has 27 heteroatoms. The molecule has 0 saturated heterocycles. The highest BCUT2D eigenvalue weighted by molar-refractivity contribution is 6.10. The Morgan fingerprint density at radius 3 is 0.795 bits per heavy atom. The van der Waals surface area contributed by atoms with Gasteiger partial charge in [0.05, 0.1) is 38.1 Å². The molecular formula is C61H91N9O18. The molecule has 12 N–H and O–H groups in total. The molecule has 9 amide bonds. The maximum atomic E-state index is 15.1. The summed E-state index contributed by atoms with van der Waals surface area (Å²) >= 11 is 0. The Balaban J connectivity index is 2.24. The van der Waals surface area contributed by atoms with Crippen molar-refractivity contribution >= 4 is 70.2 Å². The number of likely N-dealkylation sites (N-methyl/N-ethyl adjacent to an activating group) is 3. The van der Waals surface area contributed by atoms with Crippen LogP contribution in [0, 0.1) is 68.2 Å². The van der Waals surface area contributed by atoms with E-state index in [4.69, 9.17) is 0 Å². The summed E-state index contributed by atoms with van der Waals surface area (Å²) in [7, 11) is 8.74. The zero-order valence-electron chi connectivity index (χ0n) is 53.3. The van der Waals surface area contributed by atoms with Gasteiger partial charge >= 0.3 is 0 Å². The molecule has 88 heavy (non-hydrogen) atoms. The number of nitrogens with one attached hydrogen (secondary N) is 3. The fraction of sp³-hybridized carbons (Fsp3) is 0.557. The van der Waals surface area contributed by atoms with E-state index in [0.717, 1.165) is 9.80 Å². The number of hydrogen-bond acceptors (Lipinski definition) is 18. The second-order valence-corrected chi connectivity index (χ2v) is 22.6. The Hall–Kier alpha value is -7.47. The SMILES string of the molecule is Cc1c(NC(=O)CO)c(C)c(C(=O)N(C)CC(O)CO)c(C)c1C(=O)N(C)CCCC(CCN(C)C(=O)c1c(C)c(NC(=O)CO)c(C)c(C(=O)N(C)CC(O)CO)c1C)CN(C)C(=O)c1c(C)c(NC(=O)CO)c(C)c(C(=O)N(C)CC(O)CO)c1C. The fourth-order valence-corrected chi connectivity index (χ4v) is 11.2. The average molecular weight is 1240 g/mol. The van der Waals surface area contributed by atoms with Crippen LogP contribution < -0.4 is 16.0 Å². The Labute approximate surface area is 513 Å². The van der Waals surface area contributed by atoms with Crippen LogP contribution in [-0.4, -0.2) is 268 Å². The van der Waals surface area contributed by atoms with Crippen molar-refractivity contribution in [3.05, 3.63) is 83.5 Å². The van der Waals surface area contributed by atoms with E-state index < -0.39 is 117 Å². The molecule has 0 spiro atoms. The predicted molar refractivity (Wildman–Crippen MR) is 327 cm³/mol. The quantitative estimate of drug-likeness (QED) is 0.0416. The van der Waals surface area contributed by atoms with Crippen LogP contribution in [0.4, 0.5) is 17.1 Å². The first-order valence-corrected chi connectivity index (χ1v) is 28.7. The number of aliphatic hydroxyl groups excluding tert-OH is 9. The lowest BCUT2D eigenvalue weighted by Crippen LogP contribution is -2.38. The van der Waals surface area contributed by atoms with Crippen molar-refractivity contribution in [2.24, 2.45) is 5.92 Å². The largest absolute Gasteiger partial charge is 0.394 e. The van der Waals surface area contributed by atoms with Gasteiger partial charge in [-0.3, -0.25) is 43.2 Å². The van der Waals surface area contributed by atoms with E-state index in [-0.39, 0.29) is 153 Å². The summed E-state index contributed by atoms with van der Waals surface area (Å²) in [5, 5.41) is 96.2. The molecule has 3 aromatic carbocycles. The summed E-state index contributed by atoms with van der Waals surface area (Å²) in [6.07, 6.45) is -3.15. The molecule has 4 atom stereocenters. The van der Waals surface area contributed by atoms with E-state index in [1.54, 1.807) is 62.3 Å². The number of carbonyl (C=O) groups is 9. The second kappa shape index (κ2) is 33.2. The lowest BCUT2D eigenvalue weighted by Gasteiger charge is -2.30. The van der Waals surface area contributed by atoms with E-state index in [1.165, 1.54) is 61.9 Å². The first-order valence-electron chi connectivity index (χ1n) is 28.7. The highest BCUT2D eigenvalue weighted by Crippen LogP contribution is 2.37. The molecule has 3 aromatic rings. The molecule has 0 aliphatic rings. The zero-order valence-corrected chi connectivity index (χ0v) is 53.3. The van der Waals surface area contributed by atoms with Crippen LogP contribution >= 0.6 is 0 Å². The molecule has 0 aromatic heterocycles. The van der Waals surface area contributed by atoms with Crippen LogP contribution in [0.2, 0.25) is 0 Å². The lowest BCUT2D eigenvalue weighted by atomic mass is 9.89. The average Bonchev–Trinajstić information content (AvgIpc) is 0.915. The summed E-state index contributed by atoms with van der Waals surface area (Å²) in [5.74, 6) is -6.63. The van der Waals surface area contributed by atoms with Gasteiger partial charge in [0, 0.05) is 132 Å². The molecule has 0 saturated carbocycles. The summed E-state index contributed by atoms with van der Waals surface area (Å²) in [4.78, 5) is 133. The monoisotopic (exact) mass is 1240 g/mol. The number of hydrogen-bond donors (Lipinski definition) is 12. The molecule has 488 valence electrons. The van der Waals surface area contributed by atoms with Gasteiger partial charge in [0.15, 0.2) is 0 Å². The maximum Gasteiger partial charge on any atom is 0.254 e. The van der Waals surface area contributed by atoms with Gasteiger partial charge in [0.2, 0.25) is 17.7 Å². The molecule has 0 radical (unpaired) electrons. The van der Waals surface area contributed by atoms with Gasteiger partial charge in [-0.25, -0.2) is 0 Å². The fourth-order valence-electron chi connectivity index (χ4n) is 11.2. The molecule has 0 bridgehead atoms. The Morgan fingerprint density at radius 1 is 0.330 bits per heavy atom. The smallest absolute Gasteiger partial charge is 0.254 e. The number of nitrogens with zero attached hydrogens (tertiary/aromatic N) is 6. The number of amides is 9. The van der Waals surface area contributed by atoms with Gasteiger partial charge < -0.3 is 91.3 Å². The van der Waals surface area contributed by atoms with Gasteiger partial charge in [-0.2, -0.15) is 0 Å². The van der Waals surface area contributed by atoms with Crippen LogP contribution in [-0.2, 0) is 14.4 Å². The normalized spacial score (nSPS) is 12.5. The van der Waals surface area contributed by atoms with Crippen molar-refractivity contribution in [3.63, 3.8) is 0 Å². The third-order valence-electron chi connectivity index (χ3n) is 15.9. The van der Waals surface area contributed by atoms with Crippen LogP contribution in [0.3, 0.4) is 0 Å². The number of rotatable bonds is 30. The van der Waals surface area contributed by atoms with Crippen LogP contribution in [0.25, 0.3) is 0 Å². The number of carbonyl (C=O) groups excluding carboxylic acids is 9.